The number of hydrogen-bond donors (Lipinski definition) is 2. The molecule has 2 amide bonds. The fourth-order valence-corrected chi connectivity index (χ4v) is 4.62. The van der Waals surface area contributed by atoms with Gasteiger partial charge < -0.3 is 15.5 Å². The van der Waals surface area contributed by atoms with Crippen LogP contribution in [0.15, 0.2) is 18.5 Å². The first-order valence-corrected chi connectivity index (χ1v) is 8.91. The van der Waals surface area contributed by atoms with Crippen molar-refractivity contribution in [3.8, 4) is 0 Å². The first-order chi connectivity index (χ1) is 11.6. The maximum atomic E-state index is 13.5. The molecule has 0 saturated carbocycles. The van der Waals surface area contributed by atoms with E-state index in [1.165, 1.54) is 0 Å². The highest BCUT2D eigenvalue weighted by Gasteiger charge is 2.49. The second-order valence-corrected chi connectivity index (χ2v) is 7.52. The van der Waals surface area contributed by atoms with Crippen molar-refractivity contribution in [2.45, 2.75) is 37.6 Å². The normalized spacial score (nSPS) is 29.7. The van der Waals surface area contributed by atoms with Gasteiger partial charge in [0.25, 0.3) is 5.91 Å². The van der Waals surface area contributed by atoms with Gasteiger partial charge in [-0.05, 0) is 44.8 Å². The number of nitrogens with zero attached hydrogens (tertiary/aromatic N) is 3. The van der Waals surface area contributed by atoms with Crippen LogP contribution in [0.5, 0.6) is 0 Å². The van der Waals surface area contributed by atoms with Gasteiger partial charge in [0.1, 0.15) is 5.54 Å². The third-order valence-corrected chi connectivity index (χ3v) is 5.92. The van der Waals surface area contributed by atoms with Crippen molar-refractivity contribution in [3.05, 3.63) is 18.5 Å². The molecule has 4 rings (SSSR count). The highest BCUT2D eigenvalue weighted by Crippen LogP contribution is 2.38. The van der Waals surface area contributed by atoms with Crippen LogP contribution in [0.1, 0.15) is 32.1 Å². The van der Waals surface area contributed by atoms with Crippen molar-refractivity contribution in [3.63, 3.8) is 0 Å². The Morgan fingerprint density at radius 1 is 1.25 bits per heavy atom. The molecule has 0 aliphatic carbocycles. The minimum absolute atomic E-state index is 0.0663. The van der Waals surface area contributed by atoms with E-state index in [0.717, 1.165) is 45.3 Å². The summed E-state index contributed by atoms with van der Waals surface area (Å²) in [6.45, 7) is 3.81. The zero-order valence-corrected chi connectivity index (χ0v) is 14.0. The van der Waals surface area contributed by atoms with Crippen molar-refractivity contribution in [1.82, 2.24) is 25.3 Å². The predicted molar refractivity (Wildman–Crippen MR) is 88.2 cm³/mol. The Hall–Kier alpha value is -1.89. The zero-order chi connectivity index (χ0) is 16.6. The van der Waals surface area contributed by atoms with Crippen LogP contribution in [0.2, 0.25) is 0 Å². The Morgan fingerprint density at radius 3 is 2.75 bits per heavy atom. The first-order valence-electron chi connectivity index (χ1n) is 8.91. The van der Waals surface area contributed by atoms with Crippen LogP contribution in [0.25, 0.3) is 0 Å². The molecule has 4 heterocycles. The molecule has 1 atom stereocenters. The fourth-order valence-electron chi connectivity index (χ4n) is 4.62. The van der Waals surface area contributed by atoms with E-state index in [1.54, 1.807) is 6.20 Å². The molecule has 3 aliphatic rings. The molecule has 0 aromatic carbocycles. The van der Waals surface area contributed by atoms with Gasteiger partial charge in [0.05, 0.1) is 0 Å². The highest BCUT2D eigenvalue weighted by molar-refractivity contribution is 5.85. The fraction of sp³-hybridized carbons (Fsp3) is 0.706. The molecule has 0 radical (unpaired) electrons. The maximum Gasteiger partial charge on any atom is 0.250 e. The smallest absolute Gasteiger partial charge is 0.250 e. The average Bonchev–Trinajstić information content (AvgIpc) is 3.26. The Bertz CT molecular complexity index is 623. The number of hydrogen-bond acceptors (Lipinski definition) is 4. The number of carbonyl (C=O) groups is 2. The number of likely N-dealkylation sites (tertiary alicyclic amines) is 1. The van der Waals surface area contributed by atoms with Gasteiger partial charge in [0.2, 0.25) is 5.91 Å². The molecule has 3 fully saturated rings. The van der Waals surface area contributed by atoms with Crippen molar-refractivity contribution >= 4 is 11.8 Å². The van der Waals surface area contributed by atoms with Crippen LogP contribution >= 0.6 is 0 Å². The number of aromatic nitrogens is 2. The van der Waals surface area contributed by atoms with E-state index >= 15 is 0 Å². The summed E-state index contributed by atoms with van der Waals surface area (Å²) in [6, 6.07) is 1.88. The standard InChI is InChI=1S/C17H25N5O2/c23-14-11-16(12-19-14)3-1-9-21(13-16)15(24)17(4-7-18-8-5-17)22-10-2-6-20-22/h2,6,10,18H,1,3-5,7-9,11-13H2,(H,19,23). The van der Waals surface area contributed by atoms with E-state index in [-0.39, 0.29) is 17.2 Å². The van der Waals surface area contributed by atoms with Crippen molar-refractivity contribution < 1.29 is 9.59 Å². The topological polar surface area (TPSA) is 79.3 Å². The van der Waals surface area contributed by atoms with Crippen molar-refractivity contribution in [2.24, 2.45) is 5.41 Å². The minimum atomic E-state index is -0.580. The van der Waals surface area contributed by atoms with Gasteiger partial charge in [-0.3, -0.25) is 14.3 Å². The number of piperidine rings is 2. The lowest BCUT2D eigenvalue weighted by atomic mass is 9.77. The Balaban J connectivity index is 1.60. The summed E-state index contributed by atoms with van der Waals surface area (Å²) in [7, 11) is 0. The maximum absolute atomic E-state index is 13.5. The molecule has 1 spiro atoms. The van der Waals surface area contributed by atoms with Gasteiger partial charge in [0, 0.05) is 43.9 Å². The molecule has 1 aromatic rings. The van der Waals surface area contributed by atoms with Gasteiger partial charge >= 0.3 is 0 Å². The second-order valence-electron chi connectivity index (χ2n) is 7.52. The molecule has 0 bridgehead atoms. The Kier molecular flexibility index (Phi) is 3.83. The quantitative estimate of drug-likeness (QED) is 0.805. The Labute approximate surface area is 141 Å². The lowest BCUT2D eigenvalue weighted by Crippen LogP contribution is -2.58. The van der Waals surface area contributed by atoms with E-state index in [0.29, 0.717) is 19.5 Å². The molecule has 1 unspecified atom stereocenters. The third-order valence-electron chi connectivity index (χ3n) is 5.92. The number of nitrogens with one attached hydrogen (secondary N) is 2. The summed E-state index contributed by atoms with van der Waals surface area (Å²) in [5.41, 5.74) is -0.646. The second kappa shape index (κ2) is 5.88. The molecule has 7 nitrogen and oxygen atoms in total. The van der Waals surface area contributed by atoms with Crippen molar-refractivity contribution in [1.29, 1.82) is 0 Å². The van der Waals surface area contributed by atoms with Gasteiger partial charge in [-0.2, -0.15) is 5.10 Å². The molecule has 24 heavy (non-hydrogen) atoms. The Morgan fingerprint density at radius 2 is 2.08 bits per heavy atom. The van der Waals surface area contributed by atoms with Gasteiger partial charge in [-0.1, -0.05) is 0 Å². The molecule has 3 saturated heterocycles. The van der Waals surface area contributed by atoms with Gasteiger partial charge in [0.15, 0.2) is 0 Å². The largest absolute Gasteiger partial charge is 0.355 e. The number of carbonyl (C=O) groups excluding carboxylic acids is 2. The molecule has 130 valence electrons. The summed E-state index contributed by atoms with van der Waals surface area (Å²) < 4.78 is 1.86. The monoisotopic (exact) mass is 331 g/mol. The van der Waals surface area contributed by atoms with E-state index < -0.39 is 5.54 Å². The third kappa shape index (κ3) is 2.51. The molecule has 7 heteroatoms. The van der Waals surface area contributed by atoms with Crippen LogP contribution in [0, 0.1) is 5.41 Å². The van der Waals surface area contributed by atoms with E-state index in [2.05, 4.69) is 15.7 Å². The van der Waals surface area contributed by atoms with Gasteiger partial charge in [-0.25, -0.2) is 0 Å². The van der Waals surface area contributed by atoms with E-state index in [1.807, 2.05) is 21.8 Å². The van der Waals surface area contributed by atoms with E-state index in [4.69, 9.17) is 0 Å². The van der Waals surface area contributed by atoms with E-state index in [9.17, 15) is 9.59 Å². The molecular weight excluding hydrogens is 306 g/mol. The van der Waals surface area contributed by atoms with Crippen LogP contribution in [0.4, 0.5) is 0 Å². The van der Waals surface area contributed by atoms with Gasteiger partial charge in [-0.15, -0.1) is 0 Å². The lowest BCUT2D eigenvalue weighted by Gasteiger charge is -2.45. The summed E-state index contributed by atoms with van der Waals surface area (Å²) in [5.74, 6) is 0.291. The summed E-state index contributed by atoms with van der Waals surface area (Å²) in [5, 5.41) is 10.7. The SMILES string of the molecule is O=C1CC2(CCCN(C(=O)C3(n4cccn4)CCNCC3)C2)CN1. The lowest BCUT2D eigenvalue weighted by molar-refractivity contribution is -0.147. The zero-order valence-electron chi connectivity index (χ0n) is 14.0. The summed E-state index contributed by atoms with van der Waals surface area (Å²) >= 11 is 0. The average molecular weight is 331 g/mol. The van der Waals surface area contributed by atoms with Crippen LogP contribution < -0.4 is 10.6 Å². The summed E-state index contributed by atoms with van der Waals surface area (Å²) in [6.07, 6.45) is 7.70. The summed E-state index contributed by atoms with van der Waals surface area (Å²) in [4.78, 5) is 27.2. The molecular formula is C17H25N5O2. The predicted octanol–water partition coefficient (Wildman–Crippen LogP) is 0.0905. The highest BCUT2D eigenvalue weighted by atomic mass is 16.2. The molecule has 1 aromatic heterocycles. The number of amides is 2. The molecule has 2 N–H and O–H groups in total. The van der Waals surface area contributed by atoms with Crippen LogP contribution in [-0.2, 0) is 15.1 Å². The van der Waals surface area contributed by atoms with Crippen molar-refractivity contribution in [2.75, 3.05) is 32.7 Å². The molecule has 3 aliphatic heterocycles. The number of rotatable bonds is 2. The van der Waals surface area contributed by atoms with Crippen LogP contribution in [0.3, 0.4) is 0 Å². The van der Waals surface area contributed by atoms with Crippen LogP contribution in [-0.4, -0.2) is 59.2 Å². The minimum Gasteiger partial charge on any atom is -0.355 e. The first kappa shape index (κ1) is 15.6.